The third-order valence-corrected chi connectivity index (χ3v) is 4.78. The van der Waals surface area contributed by atoms with Crippen molar-refractivity contribution in [1.29, 1.82) is 0 Å². The fraction of sp³-hybridized carbons (Fsp3) is 0.125. The Labute approximate surface area is 195 Å². The average Bonchev–Trinajstić information content (AvgIpc) is 2.76. The number of esters is 1. The van der Waals surface area contributed by atoms with Crippen LogP contribution < -0.4 is 14.9 Å². The molecule has 0 saturated carbocycles. The largest absolute Gasteiger partial charge is 0.490 e. The summed E-state index contributed by atoms with van der Waals surface area (Å²) in [6, 6.07) is 18.8. The summed E-state index contributed by atoms with van der Waals surface area (Å²) < 4.78 is 11.1. The molecule has 0 atom stereocenters. The second kappa shape index (κ2) is 11.3. The molecule has 0 saturated heterocycles. The topological polar surface area (TPSA) is 77.0 Å². The van der Waals surface area contributed by atoms with E-state index in [4.69, 9.17) is 32.7 Å². The summed E-state index contributed by atoms with van der Waals surface area (Å²) in [6.45, 7) is 2.17. The van der Waals surface area contributed by atoms with Crippen molar-refractivity contribution in [3.63, 3.8) is 0 Å². The molecular weight excluding hydrogens is 451 g/mol. The quantitative estimate of drug-likeness (QED) is 0.209. The summed E-state index contributed by atoms with van der Waals surface area (Å²) in [5.74, 6) is -0.288. The number of carbonyl (C=O) groups is 2. The zero-order chi connectivity index (χ0) is 22.9. The van der Waals surface area contributed by atoms with Gasteiger partial charge in [-0.1, -0.05) is 53.5 Å². The number of carbonyl (C=O) groups excluding carboxylic acids is 2. The minimum Gasteiger partial charge on any atom is -0.490 e. The van der Waals surface area contributed by atoms with Gasteiger partial charge in [-0.15, -0.1) is 0 Å². The van der Waals surface area contributed by atoms with E-state index in [0.29, 0.717) is 22.9 Å². The van der Waals surface area contributed by atoms with E-state index in [-0.39, 0.29) is 28.7 Å². The lowest BCUT2D eigenvalue weighted by molar-refractivity contribution is -0.120. The molecule has 32 heavy (non-hydrogen) atoms. The van der Waals surface area contributed by atoms with Gasteiger partial charge in [-0.25, -0.2) is 10.2 Å². The van der Waals surface area contributed by atoms with Crippen LogP contribution in [0.25, 0.3) is 0 Å². The number of ether oxygens (including phenoxy) is 2. The number of halogens is 2. The highest BCUT2D eigenvalue weighted by molar-refractivity contribution is 6.36. The van der Waals surface area contributed by atoms with Crippen LogP contribution in [-0.4, -0.2) is 24.7 Å². The van der Waals surface area contributed by atoms with Crippen molar-refractivity contribution in [2.75, 3.05) is 6.61 Å². The molecule has 0 spiro atoms. The zero-order valence-corrected chi connectivity index (χ0v) is 18.7. The lowest BCUT2D eigenvalue weighted by atomic mass is 10.1. The fourth-order valence-corrected chi connectivity index (χ4v) is 3.25. The molecule has 3 aromatic carbocycles. The van der Waals surface area contributed by atoms with Crippen LogP contribution in [-0.2, 0) is 11.2 Å². The lowest BCUT2D eigenvalue weighted by Gasteiger charge is -2.12. The Morgan fingerprint density at radius 1 is 1.00 bits per heavy atom. The Hall–Kier alpha value is -3.35. The van der Waals surface area contributed by atoms with Crippen LogP contribution in [0.2, 0.25) is 10.0 Å². The Morgan fingerprint density at radius 3 is 2.50 bits per heavy atom. The summed E-state index contributed by atoms with van der Waals surface area (Å²) in [4.78, 5) is 24.5. The van der Waals surface area contributed by atoms with Crippen molar-refractivity contribution in [3.05, 3.63) is 93.5 Å². The smallest absolute Gasteiger partial charge is 0.345 e. The van der Waals surface area contributed by atoms with Crippen molar-refractivity contribution in [2.24, 2.45) is 5.10 Å². The van der Waals surface area contributed by atoms with E-state index >= 15 is 0 Å². The molecule has 3 aromatic rings. The van der Waals surface area contributed by atoms with Gasteiger partial charge in [-0.2, -0.15) is 5.10 Å². The Bertz CT molecular complexity index is 1130. The minimum absolute atomic E-state index is 0.185. The van der Waals surface area contributed by atoms with Gasteiger partial charge in [-0.05, 0) is 54.4 Å². The molecule has 0 aliphatic carbocycles. The van der Waals surface area contributed by atoms with Crippen molar-refractivity contribution in [1.82, 2.24) is 5.43 Å². The van der Waals surface area contributed by atoms with Gasteiger partial charge in [0.15, 0.2) is 11.5 Å². The van der Waals surface area contributed by atoms with Crippen molar-refractivity contribution >= 4 is 41.3 Å². The van der Waals surface area contributed by atoms with Gasteiger partial charge < -0.3 is 9.47 Å². The second-order valence-corrected chi connectivity index (χ2v) is 7.45. The van der Waals surface area contributed by atoms with E-state index in [1.165, 1.54) is 18.3 Å². The molecule has 0 fully saturated rings. The monoisotopic (exact) mass is 470 g/mol. The molecule has 1 amide bonds. The van der Waals surface area contributed by atoms with Crippen molar-refractivity contribution in [2.45, 2.75) is 13.3 Å². The first kappa shape index (κ1) is 23.3. The molecule has 0 bridgehead atoms. The summed E-state index contributed by atoms with van der Waals surface area (Å²) in [5, 5.41) is 4.59. The third-order valence-electron chi connectivity index (χ3n) is 4.23. The number of hydrogen-bond donors (Lipinski definition) is 1. The molecule has 0 aliphatic rings. The van der Waals surface area contributed by atoms with Crippen LogP contribution in [0.15, 0.2) is 71.8 Å². The van der Waals surface area contributed by atoms with Crippen molar-refractivity contribution < 1.29 is 19.1 Å². The van der Waals surface area contributed by atoms with E-state index in [1.54, 1.807) is 24.3 Å². The van der Waals surface area contributed by atoms with Crippen LogP contribution >= 0.6 is 23.2 Å². The van der Waals surface area contributed by atoms with E-state index in [1.807, 2.05) is 37.3 Å². The highest BCUT2D eigenvalue weighted by Gasteiger charge is 2.16. The Kier molecular flexibility index (Phi) is 8.25. The number of nitrogens with zero attached hydrogens (tertiary/aromatic N) is 1. The predicted molar refractivity (Wildman–Crippen MR) is 125 cm³/mol. The molecular formula is C24H20Cl2N2O4. The first-order valence-electron chi connectivity index (χ1n) is 9.76. The first-order chi connectivity index (χ1) is 15.5. The SMILES string of the molecule is CCOc1cc(/C=N\NC(=O)Cc2ccccc2)ccc1OC(=O)c1ccc(Cl)cc1Cl. The molecule has 0 aliphatic heterocycles. The van der Waals surface area contributed by atoms with Gasteiger partial charge in [0, 0.05) is 5.02 Å². The third kappa shape index (κ3) is 6.57. The molecule has 8 heteroatoms. The molecule has 3 rings (SSSR count). The number of hydrazone groups is 1. The van der Waals surface area contributed by atoms with Crippen LogP contribution in [0.1, 0.15) is 28.4 Å². The van der Waals surface area contributed by atoms with Gasteiger partial charge in [0.2, 0.25) is 5.91 Å². The van der Waals surface area contributed by atoms with E-state index in [9.17, 15) is 9.59 Å². The highest BCUT2D eigenvalue weighted by atomic mass is 35.5. The number of benzene rings is 3. The van der Waals surface area contributed by atoms with Gasteiger partial charge >= 0.3 is 5.97 Å². The predicted octanol–water partition coefficient (Wildman–Crippen LogP) is 5.30. The normalized spacial score (nSPS) is 10.7. The standard InChI is InChI=1S/C24H20Cl2N2O4/c1-2-31-22-12-17(15-27-28-23(29)13-16-6-4-3-5-7-16)8-11-21(22)32-24(30)19-10-9-18(25)14-20(19)26/h3-12,14-15H,2,13H2,1H3,(H,28,29)/b27-15-. The van der Waals surface area contributed by atoms with E-state index in [0.717, 1.165) is 5.56 Å². The molecule has 0 radical (unpaired) electrons. The molecule has 164 valence electrons. The molecule has 6 nitrogen and oxygen atoms in total. The van der Waals surface area contributed by atoms with E-state index < -0.39 is 5.97 Å². The zero-order valence-electron chi connectivity index (χ0n) is 17.2. The summed E-state index contributed by atoms with van der Waals surface area (Å²) in [6.07, 6.45) is 1.71. The first-order valence-corrected chi connectivity index (χ1v) is 10.5. The molecule has 0 aromatic heterocycles. The highest BCUT2D eigenvalue weighted by Crippen LogP contribution is 2.30. The second-order valence-electron chi connectivity index (χ2n) is 6.61. The van der Waals surface area contributed by atoms with Gasteiger partial charge in [0.25, 0.3) is 0 Å². The number of rotatable bonds is 8. The van der Waals surface area contributed by atoms with Gasteiger partial charge in [-0.3, -0.25) is 4.79 Å². The Morgan fingerprint density at radius 2 is 1.78 bits per heavy atom. The van der Waals surface area contributed by atoms with Gasteiger partial charge in [0.1, 0.15) is 0 Å². The average molecular weight is 471 g/mol. The number of nitrogens with one attached hydrogen (secondary N) is 1. The summed E-state index contributed by atoms with van der Waals surface area (Å²) in [7, 11) is 0. The molecule has 1 N–H and O–H groups in total. The van der Waals surface area contributed by atoms with Crippen LogP contribution in [0.4, 0.5) is 0 Å². The number of amides is 1. The molecule has 0 heterocycles. The fourth-order valence-electron chi connectivity index (χ4n) is 2.77. The summed E-state index contributed by atoms with van der Waals surface area (Å²) >= 11 is 12.0. The van der Waals surface area contributed by atoms with Crippen molar-refractivity contribution in [3.8, 4) is 11.5 Å². The number of hydrogen-bond acceptors (Lipinski definition) is 5. The van der Waals surface area contributed by atoms with Crippen LogP contribution in [0.5, 0.6) is 11.5 Å². The summed E-state index contributed by atoms with van der Waals surface area (Å²) in [5.41, 5.74) is 4.22. The maximum absolute atomic E-state index is 12.5. The van der Waals surface area contributed by atoms with E-state index in [2.05, 4.69) is 10.5 Å². The van der Waals surface area contributed by atoms with Crippen LogP contribution in [0, 0.1) is 0 Å². The lowest BCUT2D eigenvalue weighted by Crippen LogP contribution is -2.19. The maximum Gasteiger partial charge on any atom is 0.345 e. The van der Waals surface area contributed by atoms with Crippen LogP contribution in [0.3, 0.4) is 0 Å². The molecule has 0 unspecified atom stereocenters. The minimum atomic E-state index is -0.637. The maximum atomic E-state index is 12.5. The Balaban J connectivity index is 1.67. The van der Waals surface area contributed by atoms with Gasteiger partial charge in [0.05, 0.1) is 29.8 Å².